The van der Waals surface area contributed by atoms with Crippen LogP contribution in [0, 0.1) is 0 Å². The third-order valence-corrected chi connectivity index (χ3v) is 3.49. The maximum Gasteiger partial charge on any atom is 0.328 e. The Morgan fingerprint density at radius 1 is 1.26 bits per heavy atom. The summed E-state index contributed by atoms with van der Waals surface area (Å²) in [6, 6.07) is 6.36. The molecule has 0 bridgehead atoms. The number of nitrogens with one attached hydrogen (secondary N) is 2. The molecule has 0 atom stereocenters. The normalized spacial score (nSPS) is 10.7. The molecular formula is C15H13N5O3. The van der Waals surface area contributed by atoms with Crippen molar-refractivity contribution in [2.45, 2.75) is 6.54 Å². The van der Waals surface area contributed by atoms with Crippen LogP contribution >= 0.6 is 0 Å². The Morgan fingerprint density at radius 3 is 2.83 bits per heavy atom. The van der Waals surface area contributed by atoms with Crippen molar-refractivity contribution in [3.8, 4) is 0 Å². The van der Waals surface area contributed by atoms with Crippen molar-refractivity contribution in [3.05, 3.63) is 68.6 Å². The van der Waals surface area contributed by atoms with Crippen LogP contribution in [-0.4, -0.2) is 25.7 Å². The Kier molecular flexibility index (Phi) is 3.71. The summed E-state index contributed by atoms with van der Waals surface area (Å²) in [6.07, 6.45) is 3.10. The van der Waals surface area contributed by atoms with E-state index in [-0.39, 0.29) is 11.3 Å². The number of carbonyl (C=O) groups is 1. The summed E-state index contributed by atoms with van der Waals surface area (Å²) in [6.45, 7) is 0.302. The standard InChI is InChI=1S/C15H13N5O3/c1-20-12-3-2-10(6-11(12)14(22)19-15(20)23)13(21)16-7-9-4-5-17-18-8-9/h2-6,8H,7H2,1H3,(H,16,21)(H,19,22,23). The van der Waals surface area contributed by atoms with E-state index in [2.05, 4.69) is 20.5 Å². The minimum atomic E-state index is -0.518. The van der Waals surface area contributed by atoms with Gasteiger partial charge in [-0.25, -0.2) is 4.79 Å². The van der Waals surface area contributed by atoms with Gasteiger partial charge in [0, 0.05) is 25.4 Å². The lowest BCUT2D eigenvalue weighted by atomic mass is 10.1. The van der Waals surface area contributed by atoms with E-state index in [9.17, 15) is 14.4 Å². The smallest absolute Gasteiger partial charge is 0.328 e. The van der Waals surface area contributed by atoms with Gasteiger partial charge in [0.05, 0.1) is 17.1 Å². The number of fused-ring (bicyclic) bond motifs is 1. The van der Waals surface area contributed by atoms with Gasteiger partial charge in [0.25, 0.3) is 11.5 Å². The molecule has 1 amide bonds. The maximum absolute atomic E-state index is 12.2. The van der Waals surface area contributed by atoms with Crippen LogP contribution in [0.15, 0.2) is 46.2 Å². The number of H-pyrrole nitrogens is 1. The van der Waals surface area contributed by atoms with Crippen molar-refractivity contribution >= 4 is 16.8 Å². The zero-order valence-electron chi connectivity index (χ0n) is 12.2. The molecule has 1 aromatic carbocycles. The van der Waals surface area contributed by atoms with E-state index in [4.69, 9.17) is 0 Å². The van der Waals surface area contributed by atoms with Crippen molar-refractivity contribution in [2.75, 3.05) is 0 Å². The Morgan fingerprint density at radius 2 is 2.09 bits per heavy atom. The number of hydrogen-bond acceptors (Lipinski definition) is 5. The van der Waals surface area contributed by atoms with Crippen LogP contribution in [0.3, 0.4) is 0 Å². The Labute approximate surface area is 129 Å². The number of amides is 1. The third kappa shape index (κ3) is 2.86. The Balaban J connectivity index is 1.90. The Hall–Kier alpha value is -3.29. The summed E-state index contributed by atoms with van der Waals surface area (Å²) in [5.41, 5.74) is 0.604. The number of benzene rings is 1. The predicted molar refractivity (Wildman–Crippen MR) is 83.0 cm³/mol. The summed E-state index contributed by atoms with van der Waals surface area (Å²) >= 11 is 0. The van der Waals surface area contributed by atoms with Crippen LogP contribution in [0.25, 0.3) is 10.9 Å². The molecule has 0 fully saturated rings. The molecular weight excluding hydrogens is 298 g/mol. The fraction of sp³-hybridized carbons (Fsp3) is 0.133. The highest BCUT2D eigenvalue weighted by Gasteiger charge is 2.10. The van der Waals surface area contributed by atoms with Crippen LogP contribution in [0.2, 0.25) is 0 Å². The van der Waals surface area contributed by atoms with Crippen molar-refractivity contribution in [1.29, 1.82) is 0 Å². The van der Waals surface area contributed by atoms with E-state index in [0.717, 1.165) is 5.56 Å². The molecule has 0 spiro atoms. The zero-order chi connectivity index (χ0) is 16.4. The van der Waals surface area contributed by atoms with Crippen LogP contribution < -0.4 is 16.6 Å². The first kappa shape index (κ1) is 14.6. The molecule has 116 valence electrons. The fourth-order valence-corrected chi connectivity index (χ4v) is 2.22. The first-order valence-electron chi connectivity index (χ1n) is 6.83. The molecule has 3 aromatic rings. The average Bonchev–Trinajstić information content (AvgIpc) is 2.58. The van der Waals surface area contributed by atoms with E-state index < -0.39 is 11.2 Å². The van der Waals surface area contributed by atoms with E-state index in [0.29, 0.717) is 17.6 Å². The van der Waals surface area contributed by atoms with Gasteiger partial charge in [-0.05, 0) is 29.8 Å². The molecule has 0 radical (unpaired) electrons. The molecule has 3 rings (SSSR count). The van der Waals surface area contributed by atoms with Gasteiger partial charge in [-0.2, -0.15) is 10.2 Å². The van der Waals surface area contributed by atoms with E-state index >= 15 is 0 Å². The lowest BCUT2D eigenvalue weighted by Gasteiger charge is -2.07. The van der Waals surface area contributed by atoms with E-state index in [1.54, 1.807) is 31.4 Å². The van der Waals surface area contributed by atoms with Crippen LogP contribution in [0.1, 0.15) is 15.9 Å². The predicted octanol–water partition coefficient (Wildman–Crippen LogP) is -0.0532. The molecule has 23 heavy (non-hydrogen) atoms. The lowest BCUT2D eigenvalue weighted by molar-refractivity contribution is 0.0951. The van der Waals surface area contributed by atoms with Gasteiger partial charge < -0.3 is 5.32 Å². The summed E-state index contributed by atoms with van der Waals surface area (Å²) < 4.78 is 1.32. The highest BCUT2D eigenvalue weighted by molar-refractivity contribution is 5.97. The molecule has 2 heterocycles. The number of aromatic amines is 1. The molecule has 0 aliphatic heterocycles. The molecule has 2 N–H and O–H groups in total. The van der Waals surface area contributed by atoms with Crippen molar-refractivity contribution in [3.63, 3.8) is 0 Å². The zero-order valence-corrected chi connectivity index (χ0v) is 12.2. The summed E-state index contributed by atoms with van der Waals surface area (Å²) in [5, 5.41) is 10.4. The van der Waals surface area contributed by atoms with Gasteiger partial charge in [0.1, 0.15) is 0 Å². The third-order valence-electron chi connectivity index (χ3n) is 3.49. The van der Waals surface area contributed by atoms with Crippen molar-refractivity contribution in [2.24, 2.45) is 7.05 Å². The largest absolute Gasteiger partial charge is 0.348 e. The molecule has 2 aromatic heterocycles. The molecule has 8 heteroatoms. The van der Waals surface area contributed by atoms with Crippen molar-refractivity contribution < 1.29 is 4.79 Å². The highest BCUT2D eigenvalue weighted by Crippen LogP contribution is 2.10. The van der Waals surface area contributed by atoms with Crippen LogP contribution in [-0.2, 0) is 13.6 Å². The van der Waals surface area contributed by atoms with Gasteiger partial charge in [0.2, 0.25) is 0 Å². The maximum atomic E-state index is 12.2. The first-order chi connectivity index (χ1) is 11.1. The molecule has 0 unspecified atom stereocenters. The second kappa shape index (κ2) is 5.84. The second-order valence-corrected chi connectivity index (χ2v) is 4.98. The number of rotatable bonds is 3. The van der Waals surface area contributed by atoms with Crippen LogP contribution in [0.5, 0.6) is 0 Å². The number of carbonyl (C=O) groups excluding carboxylic acids is 1. The highest BCUT2D eigenvalue weighted by atomic mass is 16.2. The molecule has 0 saturated heterocycles. The van der Waals surface area contributed by atoms with Crippen molar-refractivity contribution in [1.82, 2.24) is 25.1 Å². The number of aromatic nitrogens is 4. The first-order valence-corrected chi connectivity index (χ1v) is 6.83. The monoisotopic (exact) mass is 311 g/mol. The molecule has 0 aliphatic rings. The average molecular weight is 311 g/mol. The molecule has 0 aliphatic carbocycles. The molecule has 8 nitrogen and oxygen atoms in total. The number of hydrogen-bond donors (Lipinski definition) is 2. The molecule has 0 saturated carbocycles. The summed E-state index contributed by atoms with van der Waals surface area (Å²) in [4.78, 5) is 37.8. The Bertz CT molecular complexity index is 991. The fourth-order valence-electron chi connectivity index (χ4n) is 2.22. The van der Waals surface area contributed by atoms with E-state index in [1.807, 2.05) is 0 Å². The van der Waals surface area contributed by atoms with Gasteiger partial charge in [0.15, 0.2) is 0 Å². The topological polar surface area (TPSA) is 110 Å². The van der Waals surface area contributed by atoms with Gasteiger partial charge in [-0.15, -0.1) is 0 Å². The minimum absolute atomic E-state index is 0.283. The quantitative estimate of drug-likeness (QED) is 0.704. The second-order valence-electron chi connectivity index (χ2n) is 4.98. The lowest BCUT2D eigenvalue weighted by Crippen LogP contribution is -2.29. The van der Waals surface area contributed by atoms with E-state index in [1.165, 1.54) is 16.8 Å². The summed E-state index contributed by atoms with van der Waals surface area (Å²) in [5.74, 6) is -0.322. The SMILES string of the molecule is Cn1c(=O)[nH]c(=O)c2cc(C(=O)NCc3ccnnc3)ccc21. The van der Waals surface area contributed by atoms with Gasteiger partial charge in [-0.1, -0.05) is 0 Å². The summed E-state index contributed by atoms with van der Waals surface area (Å²) in [7, 11) is 1.55. The number of nitrogens with zero attached hydrogens (tertiary/aromatic N) is 3. The van der Waals surface area contributed by atoms with Crippen LogP contribution in [0.4, 0.5) is 0 Å². The van der Waals surface area contributed by atoms with Gasteiger partial charge in [-0.3, -0.25) is 19.1 Å². The minimum Gasteiger partial charge on any atom is -0.348 e. The van der Waals surface area contributed by atoms with Gasteiger partial charge >= 0.3 is 5.69 Å². The number of aryl methyl sites for hydroxylation is 1.